The SMILES string of the molecule is CC(=O)N[C@H]1[C@@H](O[C@@H]2[C@@H](O[C@@H]3[C@@H](O[C@@H]4C(O)O[C@H](CO)[C@@H](O)[C@@H]4O)O[C@H](CO)[C@@H](O)[C@@H]3O)O[C@H](CO)[C@@H](O)[C@@H]2O[C@H]2O[C@H](CO)[C@@H](O)[C@H](O)[C@@H]2O)O[C@H](CO)[C@@H](O)[C@@H]1O. The van der Waals surface area contributed by atoms with Gasteiger partial charge in [-0.25, -0.2) is 0 Å². The molecule has 27 heteroatoms. The summed E-state index contributed by atoms with van der Waals surface area (Å²) in [6, 6.07) is -1.69. The quantitative estimate of drug-likeness (QED) is 0.0770. The second-order valence-corrected chi connectivity index (χ2v) is 14.7. The summed E-state index contributed by atoms with van der Waals surface area (Å²) in [5.41, 5.74) is 0. The number of nitrogens with one attached hydrogen (secondary N) is 1. The highest BCUT2D eigenvalue weighted by atomic mass is 16.8. The molecule has 344 valence electrons. The minimum atomic E-state index is -2.17. The van der Waals surface area contributed by atoms with E-state index in [0.717, 1.165) is 6.92 Å². The highest BCUT2D eigenvalue weighted by Crippen LogP contribution is 2.37. The van der Waals surface area contributed by atoms with Crippen molar-refractivity contribution in [2.45, 2.75) is 160 Å². The molecule has 59 heavy (non-hydrogen) atoms. The number of aliphatic hydroxyl groups excluding tert-OH is 16. The largest absolute Gasteiger partial charge is 0.394 e. The van der Waals surface area contributed by atoms with Gasteiger partial charge in [-0.05, 0) is 0 Å². The van der Waals surface area contributed by atoms with E-state index in [0.29, 0.717) is 0 Å². The Labute approximate surface area is 333 Å². The minimum absolute atomic E-state index is 0.801. The van der Waals surface area contributed by atoms with Crippen molar-refractivity contribution in [2.24, 2.45) is 0 Å². The van der Waals surface area contributed by atoms with Gasteiger partial charge in [0.1, 0.15) is 122 Å². The van der Waals surface area contributed by atoms with Crippen molar-refractivity contribution in [3.05, 3.63) is 0 Å². The summed E-state index contributed by atoms with van der Waals surface area (Å²) in [6.07, 6.45) is -46.4. The first kappa shape index (κ1) is 48.5. The smallest absolute Gasteiger partial charge is 0.217 e. The number of amides is 1. The highest BCUT2D eigenvalue weighted by molar-refractivity contribution is 5.73. The van der Waals surface area contributed by atoms with E-state index >= 15 is 0 Å². The summed E-state index contributed by atoms with van der Waals surface area (Å²) in [5.74, 6) is -0.801. The molecule has 0 spiro atoms. The first-order valence-electron chi connectivity index (χ1n) is 18.6. The summed E-state index contributed by atoms with van der Waals surface area (Å²) >= 11 is 0. The normalized spacial score (nSPS) is 51.0. The minimum Gasteiger partial charge on any atom is -0.394 e. The lowest BCUT2D eigenvalue weighted by atomic mass is 9.94. The third-order valence-electron chi connectivity index (χ3n) is 10.7. The van der Waals surface area contributed by atoms with Gasteiger partial charge in [-0.15, -0.1) is 0 Å². The van der Waals surface area contributed by atoms with Crippen LogP contribution in [0.25, 0.3) is 0 Å². The van der Waals surface area contributed by atoms with Gasteiger partial charge in [0.05, 0.1) is 33.0 Å². The predicted octanol–water partition coefficient (Wildman–Crippen LogP) is -11.8. The van der Waals surface area contributed by atoms with E-state index in [-0.39, 0.29) is 0 Å². The first-order valence-corrected chi connectivity index (χ1v) is 18.6. The molecule has 0 radical (unpaired) electrons. The van der Waals surface area contributed by atoms with Gasteiger partial charge in [0.2, 0.25) is 5.91 Å². The van der Waals surface area contributed by atoms with Crippen molar-refractivity contribution in [3.8, 4) is 0 Å². The van der Waals surface area contributed by atoms with Crippen LogP contribution < -0.4 is 5.32 Å². The molecule has 1 amide bonds. The van der Waals surface area contributed by atoms with Crippen LogP contribution in [0.5, 0.6) is 0 Å². The molecule has 0 aliphatic carbocycles. The van der Waals surface area contributed by atoms with Crippen LogP contribution in [-0.4, -0.2) is 274 Å². The van der Waals surface area contributed by atoms with Gasteiger partial charge in [-0.3, -0.25) is 4.79 Å². The summed E-state index contributed by atoms with van der Waals surface area (Å²) in [6.45, 7) is -3.69. The van der Waals surface area contributed by atoms with Crippen LogP contribution in [-0.2, 0) is 47.4 Å². The number of hydrogen-bond donors (Lipinski definition) is 17. The fraction of sp³-hybridized carbons (Fsp3) is 0.969. The molecule has 5 heterocycles. The molecule has 5 saturated heterocycles. The van der Waals surface area contributed by atoms with Gasteiger partial charge in [0.15, 0.2) is 31.5 Å². The maximum Gasteiger partial charge on any atom is 0.217 e. The summed E-state index contributed by atoms with van der Waals surface area (Å²) in [5, 5.41) is 170. The van der Waals surface area contributed by atoms with Crippen LogP contribution in [0, 0.1) is 0 Å². The Kier molecular flexibility index (Phi) is 17.1. The molecular weight excluding hydrogens is 814 g/mol. The van der Waals surface area contributed by atoms with Gasteiger partial charge in [0.25, 0.3) is 0 Å². The van der Waals surface area contributed by atoms with E-state index in [1.165, 1.54) is 0 Å². The molecule has 0 bridgehead atoms. The van der Waals surface area contributed by atoms with Crippen molar-refractivity contribution in [3.63, 3.8) is 0 Å². The van der Waals surface area contributed by atoms with Crippen LogP contribution >= 0.6 is 0 Å². The van der Waals surface area contributed by atoms with E-state index < -0.39 is 192 Å². The lowest BCUT2D eigenvalue weighted by Crippen LogP contribution is -2.70. The zero-order chi connectivity index (χ0) is 43.6. The third kappa shape index (κ3) is 10.2. The summed E-state index contributed by atoms with van der Waals surface area (Å²) in [4.78, 5) is 12.2. The molecule has 0 aromatic rings. The third-order valence-corrected chi connectivity index (χ3v) is 10.7. The molecule has 0 saturated carbocycles. The Morgan fingerprint density at radius 1 is 0.407 bits per heavy atom. The Bertz CT molecular complexity index is 1320. The lowest BCUT2D eigenvalue weighted by Gasteiger charge is -2.51. The fourth-order valence-corrected chi connectivity index (χ4v) is 7.37. The number of rotatable bonds is 14. The second-order valence-electron chi connectivity index (χ2n) is 14.7. The molecule has 5 aliphatic heterocycles. The molecule has 25 atom stereocenters. The molecule has 0 aromatic heterocycles. The van der Waals surface area contributed by atoms with Crippen molar-refractivity contribution in [1.29, 1.82) is 0 Å². The first-order chi connectivity index (χ1) is 27.9. The Morgan fingerprint density at radius 3 is 1.31 bits per heavy atom. The molecule has 5 aliphatic rings. The predicted molar refractivity (Wildman–Crippen MR) is 178 cm³/mol. The van der Waals surface area contributed by atoms with Crippen molar-refractivity contribution in [2.75, 3.05) is 33.0 Å². The van der Waals surface area contributed by atoms with Crippen LogP contribution in [0.2, 0.25) is 0 Å². The number of aliphatic hydroxyl groups is 16. The Morgan fingerprint density at radius 2 is 0.780 bits per heavy atom. The van der Waals surface area contributed by atoms with E-state index in [1.54, 1.807) is 0 Å². The second kappa shape index (κ2) is 20.8. The van der Waals surface area contributed by atoms with Gasteiger partial charge in [-0.2, -0.15) is 0 Å². The molecule has 5 rings (SSSR count). The lowest BCUT2D eigenvalue weighted by molar-refractivity contribution is -0.412. The van der Waals surface area contributed by atoms with Gasteiger partial charge in [0, 0.05) is 6.92 Å². The summed E-state index contributed by atoms with van der Waals surface area (Å²) < 4.78 is 51.4. The van der Waals surface area contributed by atoms with E-state index in [2.05, 4.69) is 5.32 Å². The molecule has 5 fully saturated rings. The Hall–Kier alpha value is -1.53. The molecule has 1 unspecified atom stereocenters. The van der Waals surface area contributed by atoms with Crippen molar-refractivity contribution in [1.82, 2.24) is 5.32 Å². The number of carbonyl (C=O) groups excluding carboxylic acids is 1. The standard InChI is InChI=1S/C32H55NO26/c1-7(39)33-13-19(45)14(40)9(3-35)52-29(13)59-27-24(56-30-23(49)20(46)15(41)10(4-36)53-30)18(44)12(6-38)55-32(27)58-26-22(48)17(43)11(5-37)54-31(26)57-25-21(47)16(42)8(2-34)51-28(25)50/h8-32,34-38,40-50H,2-6H2,1H3,(H,33,39)/t8-,9-,10-,11-,12-,13-,14-,15-,16-,17-,18-,19-,20+,21+,22+,23+,24+,25+,26+,27+,28?,29-,30-,31-,32-/m1/s1. The maximum absolute atomic E-state index is 12.2. The van der Waals surface area contributed by atoms with Crippen LogP contribution in [0.1, 0.15) is 6.92 Å². The van der Waals surface area contributed by atoms with Gasteiger partial charge in [-0.1, -0.05) is 0 Å². The van der Waals surface area contributed by atoms with Crippen LogP contribution in [0.4, 0.5) is 0 Å². The highest BCUT2D eigenvalue weighted by Gasteiger charge is 2.58. The van der Waals surface area contributed by atoms with E-state index in [1.807, 2.05) is 0 Å². The zero-order valence-corrected chi connectivity index (χ0v) is 31.2. The van der Waals surface area contributed by atoms with E-state index in [4.69, 9.17) is 42.6 Å². The molecule has 0 aromatic carbocycles. The Balaban J connectivity index is 1.55. The average molecular weight is 870 g/mol. The molecule has 27 nitrogen and oxygen atoms in total. The van der Waals surface area contributed by atoms with Gasteiger partial charge < -0.3 is 130 Å². The molecular formula is C32H55NO26. The zero-order valence-electron chi connectivity index (χ0n) is 31.2. The van der Waals surface area contributed by atoms with Crippen LogP contribution in [0.15, 0.2) is 0 Å². The van der Waals surface area contributed by atoms with Gasteiger partial charge >= 0.3 is 0 Å². The van der Waals surface area contributed by atoms with Crippen LogP contribution in [0.3, 0.4) is 0 Å². The number of ether oxygens (including phenoxy) is 9. The topological polar surface area (TPSA) is 436 Å². The number of hydrogen-bond acceptors (Lipinski definition) is 26. The summed E-state index contributed by atoms with van der Waals surface area (Å²) in [7, 11) is 0. The van der Waals surface area contributed by atoms with Crippen molar-refractivity contribution < 1.29 is 129 Å². The molecule has 17 N–H and O–H groups in total. The average Bonchev–Trinajstić information content (AvgIpc) is 3.21. The number of carbonyl (C=O) groups is 1. The van der Waals surface area contributed by atoms with E-state index in [9.17, 15) is 86.5 Å². The fourth-order valence-electron chi connectivity index (χ4n) is 7.37. The maximum atomic E-state index is 12.2. The monoisotopic (exact) mass is 869 g/mol. The van der Waals surface area contributed by atoms with Crippen molar-refractivity contribution >= 4 is 5.91 Å².